The van der Waals surface area contributed by atoms with Crippen LogP contribution in [0.15, 0.2) is 43.0 Å². The number of amides is 1. The molecular formula is C13H14ClNO. The lowest BCUT2D eigenvalue weighted by atomic mass is 10.2. The topological polar surface area (TPSA) is 29.1 Å². The van der Waals surface area contributed by atoms with Crippen LogP contribution in [0, 0.1) is 0 Å². The first-order chi connectivity index (χ1) is 7.74. The van der Waals surface area contributed by atoms with Gasteiger partial charge in [-0.25, -0.2) is 0 Å². The molecule has 1 aromatic carbocycles. The van der Waals surface area contributed by atoms with E-state index in [2.05, 4.69) is 11.9 Å². The molecule has 0 saturated carbocycles. The molecular weight excluding hydrogens is 222 g/mol. The van der Waals surface area contributed by atoms with Crippen LogP contribution in [0.5, 0.6) is 0 Å². The summed E-state index contributed by atoms with van der Waals surface area (Å²) in [7, 11) is 0. The molecule has 0 atom stereocenters. The second kappa shape index (κ2) is 6.85. The number of hydrogen-bond acceptors (Lipinski definition) is 1. The summed E-state index contributed by atoms with van der Waals surface area (Å²) in [6, 6.07) is 7.37. The van der Waals surface area contributed by atoms with Crippen molar-refractivity contribution in [1.82, 2.24) is 5.32 Å². The fourth-order valence-corrected chi connectivity index (χ4v) is 1.33. The van der Waals surface area contributed by atoms with Gasteiger partial charge in [-0.3, -0.25) is 4.79 Å². The molecule has 0 aromatic heterocycles. The van der Waals surface area contributed by atoms with E-state index in [1.54, 1.807) is 18.2 Å². The van der Waals surface area contributed by atoms with Crippen LogP contribution >= 0.6 is 11.6 Å². The summed E-state index contributed by atoms with van der Waals surface area (Å²) in [5, 5.41) is 3.37. The van der Waals surface area contributed by atoms with Crippen molar-refractivity contribution in [3.8, 4) is 0 Å². The van der Waals surface area contributed by atoms with E-state index < -0.39 is 0 Å². The van der Waals surface area contributed by atoms with Gasteiger partial charge in [0.05, 0.1) is 0 Å². The van der Waals surface area contributed by atoms with Crippen molar-refractivity contribution < 1.29 is 4.79 Å². The first-order valence-corrected chi connectivity index (χ1v) is 5.43. The Hall–Kier alpha value is -1.54. The Bertz CT molecular complexity index is 399. The van der Waals surface area contributed by atoms with E-state index in [4.69, 9.17) is 11.6 Å². The molecule has 16 heavy (non-hydrogen) atoms. The van der Waals surface area contributed by atoms with E-state index in [1.165, 1.54) is 6.08 Å². The highest BCUT2D eigenvalue weighted by Gasteiger charge is 1.96. The fourth-order valence-electron chi connectivity index (χ4n) is 1.13. The lowest BCUT2D eigenvalue weighted by Gasteiger charge is -1.99. The standard InChI is InChI=1S/C13H14ClNO/c1-2-3-10-15-13(16)9-8-11-6-4-5-7-12(11)14/h2,4-9H,1,3,10H2,(H,15,16)/b9-8+. The van der Waals surface area contributed by atoms with Crippen LogP contribution in [0.25, 0.3) is 6.08 Å². The molecule has 0 unspecified atom stereocenters. The maximum atomic E-state index is 11.3. The van der Waals surface area contributed by atoms with Crippen molar-refractivity contribution in [2.75, 3.05) is 6.54 Å². The van der Waals surface area contributed by atoms with Crippen molar-refractivity contribution in [2.45, 2.75) is 6.42 Å². The van der Waals surface area contributed by atoms with Crippen molar-refractivity contribution in [3.63, 3.8) is 0 Å². The molecule has 0 saturated heterocycles. The molecule has 0 aliphatic carbocycles. The number of nitrogens with one attached hydrogen (secondary N) is 1. The molecule has 0 heterocycles. The molecule has 1 amide bonds. The van der Waals surface area contributed by atoms with Crippen LogP contribution in [0.1, 0.15) is 12.0 Å². The van der Waals surface area contributed by atoms with Crippen LogP contribution in [-0.2, 0) is 4.79 Å². The van der Waals surface area contributed by atoms with E-state index in [1.807, 2.05) is 18.2 Å². The summed E-state index contributed by atoms with van der Waals surface area (Å²) in [5.41, 5.74) is 0.836. The second-order valence-electron chi connectivity index (χ2n) is 3.22. The van der Waals surface area contributed by atoms with Gasteiger partial charge in [0.1, 0.15) is 0 Å². The minimum Gasteiger partial charge on any atom is -0.352 e. The Balaban J connectivity index is 2.50. The maximum absolute atomic E-state index is 11.3. The lowest BCUT2D eigenvalue weighted by molar-refractivity contribution is -0.116. The van der Waals surface area contributed by atoms with Gasteiger partial charge in [-0.2, -0.15) is 0 Å². The molecule has 0 aliphatic rings. The number of rotatable bonds is 5. The van der Waals surface area contributed by atoms with Crippen molar-refractivity contribution in [3.05, 3.63) is 53.6 Å². The first-order valence-electron chi connectivity index (χ1n) is 5.05. The zero-order valence-electron chi connectivity index (χ0n) is 8.95. The molecule has 0 aliphatic heterocycles. The first kappa shape index (κ1) is 12.5. The largest absolute Gasteiger partial charge is 0.352 e. The van der Waals surface area contributed by atoms with Crippen LogP contribution in [-0.4, -0.2) is 12.5 Å². The smallest absolute Gasteiger partial charge is 0.244 e. The highest BCUT2D eigenvalue weighted by atomic mass is 35.5. The van der Waals surface area contributed by atoms with E-state index in [0.29, 0.717) is 11.6 Å². The number of carbonyl (C=O) groups excluding carboxylic acids is 1. The van der Waals surface area contributed by atoms with Gasteiger partial charge in [-0.05, 0) is 24.1 Å². The maximum Gasteiger partial charge on any atom is 0.244 e. The third-order valence-electron chi connectivity index (χ3n) is 1.97. The van der Waals surface area contributed by atoms with E-state index in [0.717, 1.165) is 12.0 Å². The third-order valence-corrected chi connectivity index (χ3v) is 2.31. The molecule has 0 fully saturated rings. The van der Waals surface area contributed by atoms with Crippen molar-refractivity contribution >= 4 is 23.6 Å². The average Bonchev–Trinajstić information content (AvgIpc) is 2.28. The molecule has 1 N–H and O–H groups in total. The summed E-state index contributed by atoms with van der Waals surface area (Å²) < 4.78 is 0. The summed E-state index contributed by atoms with van der Waals surface area (Å²) in [4.78, 5) is 11.3. The van der Waals surface area contributed by atoms with E-state index >= 15 is 0 Å². The number of carbonyl (C=O) groups is 1. The molecule has 84 valence electrons. The minimum absolute atomic E-state index is 0.123. The predicted octanol–water partition coefficient (Wildman–Crippen LogP) is 3.05. The number of hydrogen-bond donors (Lipinski definition) is 1. The zero-order chi connectivity index (χ0) is 11.8. The fraction of sp³-hybridized carbons (Fsp3) is 0.154. The van der Waals surface area contributed by atoms with Gasteiger partial charge in [0, 0.05) is 17.6 Å². The number of benzene rings is 1. The van der Waals surface area contributed by atoms with E-state index in [9.17, 15) is 4.79 Å². The van der Waals surface area contributed by atoms with Crippen LogP contribution in [0.3, 0.4) is 0 Å². The highest BCUT2D eigenvalue weighted by Crippen LogP contribution is 2.15. The summed E-state index contributed by atoms with van der Waals surface area (Å²) in [5.74, 6) is -0.123. The van der Waals surface area contributed by atoms with Gasteiger partial charge in [-0.1, -0.05) is 35.9 Å². The van der Waals surface area contributed by atoms with Crippen molar-refractivity contribution in [2.24, 2.45) is 0 Å². The van der Waals surface area contributed by atoms with Gasteiger partial charge >= 0.3 is 0 Å². The average molecular weight is 236 g/mol. The predicted molar refractivity (Wildman–Crippen MR) is 68.3 cm³/mol. The zero-order valence-corrected chi connectivity index (χ0v) is 9.70. The SMILES string of the molecule is C=CCCNC(=O)/C=C/c1ccccc1Cl. The molecule has 1 aromatic rings. The quantitative estimate of drug-likeness (QED) is 0.474. The van der Waals surface area contributed by atoms with Crippen LogP contribution < -0.4 is 5.32 Å². The normalized spacial score (nSPS) is 10.3. The summed E-state index contributed by atoms with van der Waals surface area (Å²) in [6.07, 6.45) is 5.71. The summed E-state index contributed by atoms with van der Waals surface area (Å²) >= 11 is 5.94. The monoisotopic (exact) mass is 235 g/mol. The minimum atomic E-state index is -0.123. The van der Waals surface area contributed by atoms with Gasteiger partial charge in [0.25, 0.3) is 0 Å². The molecule has 0 bridgehead atoms. The Morgan fingerprint density at radius 3 is 2.88 bits per heavy atom. The van der Waals surface area contributed by atoms with Gasteiger partial charge < -0.3 is 5.32 Å². The molecule has 0 spiro atoms. The second-order valence-corrected chi connectivity index (χ2v) is 3.63. The Kier molecular flexibility index (Phi) is 5.37. The van der Waals surface area contributed by atoms with Crippen LogP contribution in [0.4, 0.5) is 0 Å². The molecule has 3 heteroatoms. The lowest BCUT2D eigenvalue weighted by Crippen LogP contribution is -2.21. The third kappa shape index (κ3) is 4.32. The Labute approximate surface area is 101 Å². The van der Waals surface area contributed by atoms with Gasteiger partial charge in [0.2, 0.25) is 5.91 Å². The van der Waals surface area contributed by atoms with Crippen LogP contribution in [0.2, 0.25) is 5.02 Å². The van der Waals surface area contributed by atoms with E-state index in [-0.39, 0.29) is 5.91 Å². The number of halogens is 1. The Morgan fingerprint density at radius 1 is 1.44 bits per heavy atom. The highest BCUT2D eigenvalue weighted by molar-refractivity contribution is 6.32. The van der Waals surface area contributed by atoms with Gasteiger partial charge in [-0.15, -0.1) is 6.58 Å². The molecule has 2 nitrogen and oxygen atoms in total. The molecule has 1 rings (SSSR count). The van der Waals surface area contributed by atoms with Crippen molar-refractivity contribution in [1.29, 1.82) is 0 Å². The summed E-state index contributed by atoms with van der Waals surface area (Å²) in [6.45, 7) is 4.18. The molecule has 0 radical (unpaired) electrons. The Morgan fingerprint density at radius 2 is 2.19 bits per heavy atom. The van der Waals surface area contributed by atoms with Gasteiger partial charge in [0.15, 0.2) is 0 Å².